The van der Waals surface area contributed by atoms with E-state index in [2.05, 4.69) is 21.1 Å². The van der Waals surface area contributed by atoms with Gasteiger partial charge in [0.05, 0.1) is 11.0 Å². The van der Waals surface area contributed by atoms with Crippen LogP contribution in [0.2, 0.25) is 0 Å². The summed E-state index contributed by atoms with van der Waals surface area (Å²) < 4.78 is 13.6. The summed E-state index contributed by atoms with van der Waals surface area (Å²) in [5.74, 6) is -0.129. The molecule has 4 nitrogen and oxygen atoms in total. The second kappa shape index (κ2) is 6.70. The third kappa shape index (κ3) is 4.27. The van der Waals surface area contributed by atoms with E-state index in [1.807, 2.05) is 18.7 Å². The lowest BCUT2D eigenvalue weighted by Gasteiger charge is -2.25. The van der Waals surface area contributed by atoms with E-state index in [0.717, 1.165) is 5.56 Å². The molecule has 0 unspecified atom stereocenters. The third-order valence-corrected chi connectivity index (χ3v) is 3.20. The number of amidine groups is 1. The van der Waals surface area contributed by atoms with Crippen LogP contribution in [0.4, 0.5) is 4.39 Å². The highest BCUT2D eigenvalue weighted by atomic mass is 79.9. The van der Waals surface area contributed by atoms with Crippen molar-refractivity contribution in [2.24, 2.45) is 10.9 Å². The van der Waals surface area contributed by atoms with Crippen LogP contribution in [0, 0.1) is 5.82 Å². The fraction of sp³-hybridized carbons (Fsp3) is 0.417. The van der Waals surface area contributed by atoms with E-state index in [0.29, 0.717) is 17.6 Å². The van der Waals surface area contributed by atoms with Crippen LogP contribution in [0.3, 0.4) is 0 Å². The molecule has 0 radical (unpaired) electrons. The summed E-state index contributed by atoms with van der Waals surface area (Å²) in [6, 6.07) is 5.11. The van der Waals surface area contributed by atoms with Crippen LogP contribution in [0.15, 0.2) is 27.8 Å². The highest BCUT2D eigenvalue weighted by Crippen LogP contribution is 2.18. The average molecular weight is 318 g/mol. The van der Waals surface area contributed by atoms with Gasteiger partial charge in [0.15, 0.2) is 5.84 Å². The van der Waals surface area contributed by atoms with Crippen LogP contribution in [0.1, 0.15) is 19.4 Å². The second-order valence-electron chi connectivity index (χ2n) is 4.34. The molecule has 0 aliphatic carbocycles. The smallest absolute Gasteiger partial charge is 0.153 e. The van der Waals surface area contributed by atoms with Crippen molar-refractivity contribution in [3.63, 3.8) is 0 Å². The molecule has 0 bridgehead atoms. The van der Waals surface area contributed by atoms with Gasteiger partial charge in [0.2, 0.25) is 0 Å². The van der Waals surface area contributed by atoms with Gasteiger partial charge in [-0.3, -0.25) is 4.90 Å². The summed E-state index contributed by atoms with van der Waals surface area (Å²) in [4.78, 5) is 2.02. The maximum Gasteiger partial charge on any atom is 0.153 e. The van der Waals surface area contributed by atoms with Crippen molar-refractivity contribution in [3.05, 3.63) is 34.1 Å². The lowest BCUT2D eigenvalue weighted by Crippen LogP contribution is -2.38. The predicted octanol–water partition coefficient (Wildman–Crippen LogP) is 2.55. The highest BCUT2D eigenvalue weighted by Gasteiger charge is 2.13. The minimum Gasteiger partial charge on any atom is -0.409 e. The largest absolute Gasteiger partial charge is 0.409 e. The van der Waals surface area contributed by atoms with E-state index in [-0.39, 0.29) is 17.7 Å². The first kappa shape index (κ1) is 14.9. The SMILES string of the molecule is CC(C)N(CC(N)=NO)Cc1ccc(F)c(Br)c1. The standard InChI is InChI=1S/C12H17BrFN3O/c1-8(2)17(7-12(15)16-18)6-9-3-4-11(14)10(13)5-9/h3-5,8,18H,6-7H2,1-2H3,(H2,15,16). The Morgan fingerprint density at radius 3 is 2.72 bits per heavy atom. The van der Waals surface area contributed by atoms with E-state index in [9.17, 15) is 4.39 Å². The molecule has 100 valence electrons. The Morgan fingerprint density at radius 1 is 1.56 bits per heavy atom. The molecule has 0 saturated carbocycles. The Morgan fingerprint density at radius 2 is 2.22 bits per heavy atom. The van der Waals surface area contributed by atoms with Crippen molar-refractivity contribution < 1.29 is 9.60 Å². The Bertz CT molecular complexity index is 437. The monoisotopic (exact) mass is 317 g/mol. The van der Waals surface area contributed by atoms with Gasteiger partial charge in [-0.1, -0.05) is 11.2 Å². The van der Waals surface area contributed by atoms with Crippen LogP contribution in [-0.2, 0) is 6.54 Å². The average Bonchev–Trinajstić information content (AvgIpc) is 2.32. The molecule has 0 atom stereocenters. The summed E-state index contributed by atoms with van der Waals surface area (Å²) in [5.41, 5.74) is 6.47. The van der Waals surface area contributed by atoms with Crippen LogP contribution >= 0.6 is 15.9 Å². The molecule has 0 aromatic heterocycles. The Balaban J connectivity index is 2.80. The summed E-state index contributed by atoms with van der Waals surface area (Å²) in [5, 5.41) is 11.6. The van der Waals surface area contributed by atoms with Crippen LogP contribution in [0.25, 0.3) is 0 Å². The quantitative estimate of drug-likeness (QED) is 0.380. The van der Waals surface area contributed by atoms with E-state index in [1.54, 1.807) is 12.1 Å². The summed E-state index contributed by atoms with van der Waals surface area (Å²) in [6.07, 6.45) is 0. The van der Waals surface area contributed by atoms with Crippen molar-refractivity contribution >= 4 is 21.8 Å². The first-order chi connectivity index (χ1) is 8.43. The van der Waals surface area contributed by atoms with Gasteiger partial charge in [0.25, 0.3) is 0 Å². The molecule has 1 rings (SSSR count). The van der Waals surface area contributed by atoms with Crippen molar-refractivity contribution in [2.75, 3.05) is 6.54 Å². The molecule has 0 fully saturated rings. The Hall–Kier alpha value is -1.14. The zero-order valence-corrected chi connectivity index (χ0v) is 12.0. The van der Waals surface area contributed by atoms with E-state index >= 15 is 0 Å². The number of benzene rings is 1. The molecule has 0 aliphatic heterocycles. The van der Waals surface area contributed by atoms with Gasteiger partial charge in [-0.2, -0.15) is 0 Å². The van der Waals surface area contributed by atoms with Gasteiger partial charge < -0.3 is 10.9 Å². The maximum atomic E-state index is 13.1. The summed E-state index contributed by atoms with van der Waals surface area (Å²) in [7, 11) is 0. The van der Waals surface area contributed by atoms with E-state index in [1.165, 1.54) is 6.07 Å². The molecule has 1 aromatic rings. The first-order valence-electron chi connectivity index (χ1n) is 5.58. The van der Waals surface area contributed by atoms with Crippen molar-refractivity contribution in [2.45, 2.75) is 26.4 Å². The van der Waals surface area contributed by atoms with E-state index in [4.69, 9.17) is 10.9 Å². The van der Waals surface area contributed by atoms with Gasteiger partial charge in [-0.05, 0) is 47.5 Å². The zero-order valence-electron chi connectivity index (χ0n) is 10.4. The molecule has 18 heavy (non-hydrogen) atoms. The topological polar surface area (TPSA) is 61.8 Å². The normalized spacial score (nSPS) is 12.4. The minimum absolute atomic E-state index is 0.157. The Labute approximate surface area is 114 Å². The van der Waals surface area contributed by atoms with Gasteiger partial charge in [-0.15, -0.1) is 0 Å². The molecule has 0 heterocycles. The molecule has 1 aromatic carbocycles. The summed E-state index contributed by atoms with van der Waals surface area (Å²) >= 11 is 3.16. The van der Waals surface area contributed by atoms with Crippen LogP contribution < -0.4 is 5.73 Å². The fourth-order valence-corrected chi connectivity index (χ4v) is 1.96. The number of nitrogens with zero attached hydrogens (tertiary/aromatic N) is 2. The maximum absolute atomic E-state index is 13.1. The van der Waals surface area contributed by atoms with Gasteiger partial charge in [0, 0.05) is 12.6 Å². The Kier molecular flexibility index (Phi) is 5.55. The predicted molar refractivity (Wildman–Crippen MR) is 73.1 cm³/mol. The molecule has 0 amide bonds. The molecule has 0 saturated heterocycles. The fourth-order valence-electron chi connectivity index (χ4n) is 1.53. The number of hydrogen-bond donors (Lipinski definition) is 2. The first-order valence-corrected chi connectivity index (χ1v) is 6.37. The minimum atomic E-state index is -0.286. The second-order valence-corrected chi connectivity index (χ2v) is 5.19. The molecular weight excluding hydrogens is 301 g/mol. The number of nitrogens with two attached hydrogens (primary N) is 1. The van der Waals surface area contributed by atoms with Crippen molar-refractivity contribution in [3.8, 4) is 0 Å². The highest BCUT2D eigenvalue weighted by molar-refractivity contribution is 9.10. The van der Waals surface area contributed by atoms with Crippen LogP contribution in [0.5, 0.6) is 0 Å². The van der Waals surface area contributed by atoms with Gasteiger partial charge >= 0.3 is 0 Å². The van der Waals surface area contributed by atoms with E-state index < -0.39 is 0 Å². The third-order valence-electron chi connectivity index (χ3n) is 2.59. The number of hydrogen-bond acceptors (Lipinski definition) is 3. The summed E-state index contributed by atoms with van der Waals surface area (Å²) in [6.45, 7) is 5.00. The number of oxime groups is 1. The molecule has 6 heteroatoms. The van der Waals surface area contributed by atoms with Crippen LogP contribution in [-0.4, -0.2) is 28.5 Å². The number of halogens is 2. The lowest BCUT2D eigenvalue weighted by atomic mass is 10.2. The van der Waals surface area contributed by atoms with Crippen molar-refractivity contribution in [1.29, 1.82) is 0 Å². The molecule has 0 aliphatic rings. The lowest BCUT2D eigenvalue weighted by molar-refractivity contribution is 0.238. The molecule has 3 N–H and O–H groups in total. The molecular formula is C12H17BrFN3O. The van der Waals surface area contributed by atoms with Crippen molar-refractivity contribution in [1.82, 2.24) is 4.90 Å². The molecule has 0 spiro atoms. The zero-order chi connectivity index (χ0) is 13.7. The number of rotatable bonds is 5. The van der Waals surface area contributed by atoms with Gasteiger partial charge in [0.1, 0.15) is 5.82 Å². The van der Waals surface area contributed by atoms with Gasteiger partial charge in [-0.25, -0.2) is 4.39 Å².